The molecule has 1 N–H and O–H groups in total. The highest BCUT2D eigenvalue weighted by atomic mass is 32.1. The maximum Gasteiger partial charge on any atom is 0.250 e. The van der Waals surface area contributed by atoms with Crippen LogP contribution in [-0.2, 0) is 9.53 Å². The molecule has 6 heteroatoms. The number of hydrogen-bond donors (Lipinski definition) is 1. The van der Waals surface area contributed by atoms with Gasteiger partial charge >= 0.3 is 0 Å². The minimum atomic E-state index is -0.304. The van der Waals surface area contributed by atoms with Crippen LogP contribution in [0.5, 0.6) is 0 Å². The van der Waals surface area contributed by atoms with Crippen LogP contribution < -0.4 is 5.32 Å². The zero-order chi connectivity index (χ0) is 17.4. The molecule has 0 spiro atoms. The highest BCUT2D eigenvalue weighted by Gasteiger charge is 2.20. The van der Waals surface area contributed by atoms with E-state index >= 15 is 0 Å². The zero-order valence-corrected chi connectivity index (χ0v) is 14.7. The fourth-order valence-electron chi connectivity index (χ4n) is 2.55. The molecule has 1 fully saturated rings. The van der Waals surface area contributed by atoms with E-state index in [0.29, 0.717) is 11.7 Å². The van der Waals surface area contributed by atoms with Crippen molar-refractivity contribution in [3.63, 3.8) is 0 Å². The number of halogens is 1. The maximum atomic E-state index is 12.8. The van der Waals surface area contributed by atoms with Gasteiger partial charge < -0.3 is 9.64 Å². The molecule has 0 aromatic heterocycles. The Morgan fingerprint density at radius 2 is 2.21 bits per heavy atom. The minimum Gasteiger partial charge on any atom is -0.376 e. The van der Waals surface area contributed by atoms with Crippen molar-refractivity contribution in [2.45, 2.75) is 32.3 Å². The molecular weight excluding hydrogens is 327 g/mol. The Hall–Kier alpha value is -1.79. The second kappa shape index (κ2) is 9.49. The quantitative estimate of drug-likeness (QED) is 0.632. The van der Waals surface area contributed by atoms with Crippen LogP contribution in [0.25, 0.3) is 6.08 Å². The SMILES string of the molecule is CCCN(CC1CCCO1)C(=S)NC(=O)C=Cc1ccc(F)cc1. The highest BCUT2D eigenvalue weighted by molar-refractivity contribution is 7.80. The lowest BCUT2D eigenvalue weighted by Gasteiger charge is -2.27. The largest absolute Gasteiger partial charge is 0.376 e. The van der Waals surface area contributed by atoms with Crippen LogP contribution in [0.3, 0.4) is 0 Å². The topological polar surface area (TPSA) is 41.6 Å². The summed E-state index contributed by atoms with van der Waals surface area (Å²) in [7, 11) is 0. The van der Waals surface area contributed by atoms with Crippen LogP contribution >= 0.6 is 12.2 Å². The number of rotatable bonds is 6. The molecule has 1 saturated heterocycles. The fourth-order valence-corrected chi connectivity index (χ4v) is 2.82. The Morgan fingerprint density at radius 3 is 2.83 bits per heavy atom. The minimum absolute atomic E-state index is 0.182. The Labute approximate surface area is 147 Å². The van der Waals surface area contributed by atoms with Crippen molar-refractivity contribution in [2.75, 3.05) is 19.7 Å². The van der Waals surface area contributed by atoms with Gasteiger partial charge in [-0.05, 0) is 55.3 Å². The zero-order valence-electron chi connectivity index (χ0n) is 13.8. The molecule has 0 aliphatic carbocycles. The Kier molecular flexibility index (Phi) is 7.34. The van der Waals surface area contributed by atoms with Crippen LogP contribution in [0.4, 0.5) is 4.39 Å². The van der Waals surface area contributed by atoms with Crippen molar-refractivity contribution < 1.29 is 13.9 Å². The third-order valence-corrected chi connectivity index (χ3v) is 4.12. The van der Waals surface area contributed by atoms with Gasteiger partial charge in [-0.25, -0.2) is 4.39 Å². The molecule has 4 nitrogen and oxygen atoms in total. The van der Waals surface area contributed by atoms with Crippen molar-refractivity contribution in [1.29, 1.82) is 0 Å². The Balaban J connectivity index is 1.87. The van der Waals surface area contributed by atoms with Crippen LogP contribution in [0.15, 0.2) is 30.3 Å². The molecule has 1 aliphatic rings. The monoisotopic (exact) mass is 350 g/mol. The van der Waals surface area contributed by atoms with Crippen molar-refractivity contribution >= 4 is 29.3 Å². The number of nitrogens with one attached hydrogen (secondary N) is 1. The van der Waals surface area contributed by atoms with Crippen molar-refractivity contribution in [1.82, 2.24) is 10.2 Å². The molecule has 0 bridgehead atoms. The molecule has 1 atom stereocenters. The average Bonchev–Trinajstić information content (AvgIpc) is 3.07. The molecule has 1 aliphatic heterocycles. The number of ether oxygens (including phenoxy) is 1. The van der Waals surface area contributed by atoms with E-state index in [1.54, 1.807) is 18.2 Å². The van der Waals surface area contributed by atoms with Gasteiger partial charge in [0.15, 0.2) is 5.11 Å². The summed E-state index contributed by atoms with van der Waals surface area (Å²) in [5.41, 5.74) is 0.752. The molecule has 1 heterocycles. The Morgan fingerprint density at radius 1 is 1.46 bits per heavy atom. The molecule has 1 unspecified atom stereocenters. The first-order valence-corrected chi connectivity index (χ1v) is 8.64. The standard InChI is InChI=1S/C18H23FN2O2S/c1-2-11-21(13-16-4-3-12-23-16)18(24)20-17(22)10-7-14-5-8-15(19)9-6-14/h5-10,16H,2-4,11-13H2,1H3,(H,20,22,24). The van der Waals surface area contributed by atoms with Gasteiger partial charge in [0.05, 0.1) is 6.10 Å². The summed E-state index contributed by atoms with van der Waals surface area (Å²) in [6, 6.07) is 5.93. The molecule has 1 aromatic rings. The molecule has 1 amide bonds. The normalized spacial score (nSPS) is 17.2. The summed E-state index contributed by atoms with van der Waals surface area (Å²) in [6.07, 6.45) is 6.25. The van der Waals surface area contributed by atoms with E-state index in [2.05, 4.69) is 12.2 Å². The average molecular weight is 350 g/mol. The van der Waals surface area contributed by atoms with E-state index < -0.39 is 0 Å². The second-order valence-corrected chi connectivity index (χ2v) is 6.15. The fraction of sp³-hybridized carbons (Fsp3) is 0.444. The van der Waals surface area contributed by atoms with Crippen LogP contribution in [0.2, 0.25) is 0 Å². The van der Waals surface area contributed by atoms with E-state index in [9.17, 15) is 9.18 Å². The summed E-state index contributed by atoms with van der Waals surface area (Å²) < 4.78 is 18.5. The maximum absolute atomic E-state index is 12.8. The molecule has 24 heavy (non-hydrogen) atoms. The smallest absolute Gasteiger partial charge is 0.250 e. The molecular formula is C18H23FN2O2S. The number of carbonyl (C=O) groups is 1. The summed E-state index contributed by atoms with van der Waals surface area (Å²) in [5.74, 6) is -0.597. The van der Waals surface area contributed by atoms with Crippen molar-refractivity contribution in [3.05, 3.63) is 41.7 Å². The van der Waals surface area contributed by atoms with Gasteiger partial charge in [-0.3, -0.25) is 10.1 Å². The van der Waals surface area contributed by atoms with Gasteiger partial charge in [-0.1, -0.05) is 19.1 Å². The van der Waals surface area contributed by atoms with Gasteiger partial charge in [0.1, 0.15) is 5.82 Å². The number of hydrogen-bond acceptors (Lipinski definition) is 3. The van der Waals surface area contributed by atoms with Gasteiger partial charge in [-0.2, -0.15) is 0 Å². The summed E-state index contributed by atoms with van der Waals surface area (Å²) in [5, 5.41) is 3.14. The molecule has 130 valence electrons. The predicted octanol–water partition coefficient (Wildman–Crippen LogP) is 3.13. The first-order valence-electron chi connectivity index (χ1n) is 8.23. The van der Waals surface area contributed by atoms with Crippen LogP contribution in [0.1, 0.15) is 31.7 Å². The van der Waals surface area contributed by atoms with Gasteiger partial charge in [0.2, 0.25) is 5.91 Å². The second-order valence-electron chi connectivity index (χ2n) is 5.76. The van der Waals surface area contributed by atoms with E-state index in [1.807, 2.05) is 4.90 Å². The number of amides is 1. The molecule has 2 rings (SSSR count). The van der Waals surface area contributed by atoms with Crippen LogP contribution in [0, 0.1) is 5.82 Å². The highest BCUT2D eigenvalue weighted by Crippen LogP contribution is 2.13. The van der Waals surface area contributed by atoms with Crippen LogP contribution in [-0.4, -0.2) is 41.7 Å². The molecule has 0 radical (unpaired) electrons. The van der Waals surface area contributed by atoms with E-state index in [0.717, 1.165) is 38.0 Å². The van der Waals surface area contributed by atoms with Gasteiger partial charge in [0.25, 0.3) is 0 Å². The predicted molar refractivity (Wildman–Crippen MR) is 97.0 cm³/mol. The van der Waals surface area contributed by atoms with Gasteiger partial charge in [-0.15, -0.1) is 0 Å². The molecule has 0 saturated carbocycles. The first kappa shape index (κ1) is 18.5. The first-order chi connectivity index (χ1) is 11.6. The molecule has 1 aromatic carbocycles. The summed E-state index contributed by atoms with van der Waals surface area (Å²) in [4.78, 5) is 14.0. The number of carbonyl (C=O) groups excluding carboxylic acids is 1. The lowest BCUT2D eigenvalue weighted by atomic mass is 10.2. The number of benzene rings is 1. The Bertz CT molecular complexity index is 583. The summed E-state index contributed by atoms with van der Waals surface area (Å²) in [6.45, 7) is 4.35. The van der Waals surface area contributed by atoms with Gasteiger partial charge in [0, 0.05) is 25.8 Å². The lowest BCUT2D eigenvalue weighted by Crippen LogP contribution is -2.45. The van der Waals surface area contributed by atoms with E-state index in [-0.39, 0.29) is 17.8 Å². The summed E-state index contributed by atoms with van der Waals surface area (Å²) >= 11 is 5.35. The van der Waals surface area contributed by atoms with E-state index in [4.69, 9.17) is 17.0 Å². The third kappa shape index (κ3) is 6.02. The van der Waals surface area contributed by atoms with Crippen molar-refractivity contribution in [3.8, 4) is 0 Å². The third-order valence-electron chi connectivity index (χ3n) is 3.76. The van der Waals surface area contributed by atoms with Crippen molar-refractivity contribution in [2.24, 2.45) is 0 Å². The lowest BCUT2D eigenvalue weighted by molar-refractivity contribution is -0.115. The number of thiocarbonyl (C=S) groups is 1. The number of nitrogens with zero attached hydrogens (tertiary/aromatic N) is 1. The van der Waals surface area contributed by atoms with E-state index in [1.165, 1.54) is 18.2 Å².